The highest BCUT2D eigenvalue weighted by Gasteiger charge is 2.22. The number of nitrogens with one attached hydrogen (secondary N) is 1. The van der Waals surface area contributed by atoms with E-state index in [9.17, 15) is 15.2 Å². The maximum absolute atomic E-state index is 13.1. The zero-order valence-electron chi connectivity index (χ0n) is 17.9. The summed E-state index contributed by atoms with van der Waals surface area (Å²) in [7, 11) is 0. The van der Waals surface area contributed by atoms with Crippen molar-refractivity contribution in [1.29, 1.82) is 5.26 Å². The third-order valence-corrected chi connectivity index (χ3v) is 6.32. The monoisotopic (exact) mass is 445 g/mol. The van der Waals surface area contributed by atoms with Gasteiger partial charge in [-0.2, -0.15) is 5.26 Å². The molecule has 4 rings (SSSR count). The number of imidazole rings is 1. The van der Waals surface area contributed by atoms with Gasteiger partial charge in [0.05, 0.1) is 27.2 Å². The molecule has 2 aromatic carbocycles. The van der Waals surface area contributed by atoms with Crippen LogP contribution in [0.1, 0.15) is 32.5 Å². The molecule has 0 saturated heterocycles. The van der Waals surface area contributed by atoms with Crippen molar-refractivity contribution in [1.82, 2.24) is 19.5 Å². The molecule has 2 aromatic heterocycles. The molecule has 0 aliphatic heterocycles. The summed E-state index contributed by atoms with van der Waals surface area (Å²) in [4.78, 5) is 25.3. The number of H-pyrrole nitrogens is 1. The maximum Gasteiger partial charge on any atom is 0.262 e. The molecule has 1 atom stereocenters. The molecule has 0 aliphatic carbocycles. The molecule has 7 nitrogen and oxygen atoms in total. The third kappa shape index (κ3) is 4.12. The van der Waals surface area contributed by atoms with Crippen LogP contribution in [0.5, 0.6) is 0 Å². The number of aromatic amines is 1. The van der Waals surface area contributed by atoms with Crippen LogP contribution in [0.2, 0.25) is 0 Å². The fourth-order valence-corrected chi connectivity index (χ4v) is 4.47. The Morgan fingerprint density at radius 1 is 1.19 bits per heavy atom. The lowest BCUT2D eigenvalue weighted by molar-refractivity contribution is 0.401. The van der Waals surface area contributed by atoms with Crippen molar-refractivity contribution in [2.45, 2.75) is 43.6 Å². The van der Waals surface area contributed by atoms with E-state index in [2.05, 4.69) is 27.9 Å². The first-order chi connectivity index (χ1) is 15.5. The van der Waals surface area contributed by atoms with Crippen LogP contribution in [0.3, 0.4) is 0 Å². The Morgan fingerprint density at radius 3 is 2.62 bits per heavy atom. The predicted molar refractivity (Wildman–Crippen MR) is 127 cm³/mol. The average Bonchev–Trinajstić information content (AvgIpc) is 3.23. The summed E-state index contributed by atoms with van der Waals surface area (Å²) in [6.45, 7) is 4.39. The van der Waals surface area contributed by atoms with E-state index in [0.717, 1.165) is 18.4 Å². The van der Waals surface area contributed by atoms with E-state index in [1.807, 2.05) is 36.4 Å². The van der Waals surface area contributed by atoms with E-state index in [4.69, 9.17) is 0 Å². The first-order valence-electron chi connectivity index (χ1n) is 10.5. The number of fused-ring (bicyclic) bond motifs is 2. The largest absolute Gasteiger partial charge is 0.510 e. The van der Waals surface area contributed by atoms with E-state index in [-0.39, 0.29) is 16.9 Å². The summed E-state index contributed by atoms with van der Waals surface area (Å²) in [6.07, 6.45) is 1.78. The second-order valence-corrected chi connectivity index (χ2v) is 8.76. The highest BCUT2D eigenvalue weighted by Crippen LogP contribution is 2.30. The predicted octanol–water partition coefficient (Wildman–Crippen LogP) is 5.05. The zero-order valence-corrected chi connectivity index (χ0v) is 18.7. The van der Waals surface area contributed by atoms with Gasteiger partial charge in [-0.05, 0) is 37.6 Å². The second kappa shape index (κ2) is 9.28. The number of benzene rings is 2. The third-order valence-electron chi connectivity index (χ3n) is 5.22. The van der Waals surface area contributed by atoms with Gasteiger partial charge in [-0.1, -0.05) is 49.4 Å². The SMILES string of the molecule is CCCCn1c(SC(C)/C(O)=C(/C#N)c2nc3ccccc3[nH]2)nc2ccccc2c1=O. The van der Waals surface area contributed by atoms with Gasteiger partial charge in [-0.15, -0.1) is 0 Å². The second-order valence-electron chi connectivity index (χ2n) is 7.46. The molecule has 0 fully saturated rings. The summed E-state index contributed by atoms with van der Waals surface area (Å²) in [5.41, 5.74) is 2.09. The van der Waals surface area contributed by atoms with Gasteiger partial charge in [-0.25, -0.2) is 9.97 Å². The van der Waals surface area contributed by atoms with Gasteiger partial charge in [0.2, 0.25) is 0 Å². The number of nitriles is 1. The van der Waals surface area contributed by atoms with Crippen LogP contribution in [-0.2, 0) is 6.54 Å². The van der Waals surface area contributed by atoms with Gasteiger partial charge in [0.15, 0.2) is 11.0 Å². The molecule has 8 heteroatoms. The molecule has 1 unspecified atom stereocenters. The molecule has 0 aliphatic rings. The fourth-order valence-electron chi connectivity index (χ4n) is 3.47. The van der Waals surface area contributed by atoms with Crippen LogP contribution >= 0.6 is 11.8 Å². The summed E-state index contributed by atoms with van der Waals surface area (Å²) >= 11 is 1.25. The highest BCUT2D eigenvalue weighted by atomic mass is 32.2. The van der Waals surface area contributed by atoms with Gasteiger partial charge in [-0.3, -0.25) is 9.36 Å². The van der Waals surface area contributed by atoms with Crippen molar-refractivity contribution in [3.05, 3.63) is 70.5 Å². The topological polar surface area (TPSA) is 108 Å². The van der Waals surface area contributed by atoms with Crippen LogP contribution in [0, 0.1) is 11.3 Å². The molecular weight excluding hydrogens is 422 g/mol. The van der Waals surface area contributed by atoms with Crippen LogP contribution in [0.25, 0.3) is 27.5 Å². The summed E-state index contributed by atoms with van der Waals surface area (Å²) in [6, 6.07) is 16.8. The average molecular weight is 446 g/mol. The van der Waals surface area contributed by atoms with Gasteiger partial charge in [0.25, 0.3) is 5.56 Å². The number of aliphatic hydroxyl groups is 1. The van der Waals surface area contributed by atoms with E-state index in [1.54, 1.807) is 23.6 Å². The summed E-state index contributed by atoms with van der Waals surface area (Å²) < 4.78 is 1.66. The minimum Gasteiger partial charge on any atom is -0.510 e. The van der Waals surface area contributed by atoms with E-state index >= 15 is 0 Å². The van der Waals surface area contributed by atoms with E-state index in [0.29, 0.717) is 33.9 Å². The number of aromatic nitrogens is 4. The minimum absolute atomic E-state index is 0.0736. The molecule has 162 valence electrons. The molecule has 0 saturated carbocycles. The number of aliphatic hydroxyl groups excluding tert-OH is 1. The molecule has 0 spiro atoms. The fraction of sp³-hybridized carbons (Fsp3) is 0.250. The van der Waals surface area contributed by atoms with Crippen molar-refractivity contribution in [3.63, 3.8) is 0 Å². The number of nitrogens with zero attached hydrogens (tertiary/aromatic N) is 4. The van der Waals surface area contributed by atoms with Crippen LogP contribution < -0.4 is 5.56 Å². The van der Waals surface area contributed by atoms with Crippen LogP contribution in [-0.4, -0.2) is 29.9 Å². The molecule has 0 bridgehead atoms. The normalized spacial score (nSPS) is 13.2. The number of unbranched alkanes of at least 4 members (excludes halogenated alkanes) is 1. The molecule has 0 radical (unpaired) electrons. The highest BCUT2D eigenvalue weighted by molar-refractivity contribution is 7.99. The first kappa shape index (κ1) is 21.7. The van der Waals surface area contributed by atoms with Gasteiger partial charge >= 0.3 is 0 Å². The van der Waals surface area contributed by atoms with Crippen LogP contribution in [0.4, 0.5) is 0 Å². The standard InChI is InChI=1S/C24H23N5O2S/c1-3-4-13-29-23(31)16-9-5-6-10-18(16)28-24(29)32-15(2)21(30)17(14-25)22-26-19-11-7-8-12-20(19)27-22/h5-12,15,30H,3-4,13H2,1-2H3,(H,26,27)/b21-17+. The van der Waals surface area contributed by atoms with Crippen molar-refractivity contribution < 1.29 is 5.11 Å². The Hall–Kier alpha value is -3.57. The Balaban J connectivity index is 1.74. The van der Waals surface area contributed by atoms with Crippen molar-refractivity contribution in [2.24, 2.45) is 0 Å². The first-order valence-corrected chi connectivity index (χ1v) is 11.4. The Kier molecular flexibility index (Phi) is 6.28. The number of rotatable bonds is 7. The van der Waals surface area contributed by atoms with Gasteiger partial charge < -0.3 is 10.1 Å². The zero-order chi connectivity index (χ0) is 22.7. The Labute approximate surface area is 189 Å². The molecule has 2 N–H and O–H groups in total. The summed E-state index contributed by atoms with van der Waals surface area (Å²) in [5, 5.41) is 21.2. The molecule has 2 heterocycles. The molecule has 4 aromatic rings. The molecule has 32 heavy (non-hydrogen) atoms. The summed E-state index contributed by atoms with van der Waals surface area (Å²) in [5.74, 6) is 0.203. The number of thioether (sulfide) groups is 1. The van der Waals surface area contributed by atoms with Gasteiger partial charge in [0.1, 0.15) is 17.4 Å². The van der Waals surface area contributed by atoms with E-state index < -0.39 is 5.25 Å². The van der Waals surface area contributed by atoms with Crippen molar-refractivity contribution >= 4 is 39.3 Å². The smallest absolute Gasteiger partial charge is 0.262 e. The van der Waals surface area contributed by atoms with Crippen LogP contribution in [0.15, 0.2) is 64.2 Å². The number of hydrogen-bond acceptors (Lipinski definition) is 6. The number of allylic oxidation sites excluding steroid dienone is 1. The lowest BCUT2D eigenvalue weighted by atomic mass is 10.2. The lowest BCUT2D eigenvalue weighted by Gasteiger charge is -2.16. The van der Waals surface area contributed by atoms with Crippen molar-refractivity contribution in [2.75, 3.05) is 0 Å². The molecular formula is C24H23N5O2S. The van der Waals surface area contributed by atoms with Gasteiger partial charge in [0, 0.05) is 6.54 Å². The minimum atomic E-state index is -0.515. The Morgan fingerprint density at radius 2 is 1.91 bits per heavy atom. The van der Waals surface area contributed by atoms with E-state index in [1.165, 1.54) is 11.8 Å². The lowest BCUT2D eigenvalue weighted by Crippen LogP contribution is -2.24. The van der Waals surface area contributed by atoms with Crippen molar-refractivity contribution in [3.8, 4) is 6.07 Å². The Bertz CT molecular complexity index is 1380. The molecule has 0 amide bonds. The number of para-hydroxylation sites is 3. The maximum atomic E-state index is 13.1. The quantitative estimate of drug-likeness (QED) is 0.178. The number of hydrogen-bond donors (Lipinski definition) is 2.